The van der Waals surface area contributed by atoms with Crippen molar-refractivity contribution in [3.63, 3.8) is 0 Å². The first-order valence-electron chi connectivity index (χ1n) is 5.35. The lowest BCUT2D eigenvalue weighted by molar-refractivity contribution is 0.185. The van der Waals surface area contributed by atoms with Crippen LogP contribution in [-0.2, 0) is 4.74 Å². The molecular weight excluding hydrogens is 148 g/mol. The molecule has 0 aromatic rings. The molecule has 0 aromatic carbocycles. The molecule has 0 unspecified atom stereocenters. The minimum absolute atomic E-state index is 0.920. The van der Waals surface area contributed by atoms with Crippen LogP contribution < -0.4 is 0 Å². The molecule has 0 aromatic heterocycles. The Labute approximate surface area is 77.5 Å². The number of hydrogen-bond acceptors (Lipinski definition) is 1. The largest absolute Gasteiger partial charge is 0.376 e. The van der Waals surface area contributed by atoms with Gasteiger partial charge in [0.05, 0.1) is 6.61 Å². The first kappa shape index (κ1) is 12.0. The van der Waals surface area contributed by atoms with E-state index >= 15 is 0 Å². The fraction of sp³-hybridized carbons (Fsp3) is 0.909. The molecule has 12 heavy (non-hydrogen) atoms. The molecule has 0 rings (SSSR count). The molecule has 73 valence electrons. The number of rotatable bonds is 9. The van der Waals surface area contributed by atoms with Gasteiger partial charge in [-0.2, -0.15) is 0 Å². The van der Waals surface area contributed by atoms with Crippen molar-refractivity contribution in [1.29, 1.82) is 0 Å². The lowest BCUT2D eigenvalue weighted by Gasteiger charge is -2.01. The van der Waals surface area contributed by atoms with Crippen LogP contribution >= 0.6 is 0 Å². The van der Waals surface area contributed by atoms with E-state index in [1.807, 2.05) is 6.61 Å². The molecule has 0 spiro atoms. The fourth-order valence-electron chi connectivity index (χ4n) is 1.07. The summed E-state index contributed by atoms with van der Waals surface area (Å²) in [5, 5.41) is 0. The maximum atomic E-state index is 5.33. The molecule has 0 aliphatic rings. The van der Waals surface area contributed by atoms with E-state index < -0.39 is 0 Å². The Hall–Kier alpha value is -0.0400. The highest BCUT2D eigenvalue weighted by molar-refractivity contribution is 4.48. The van der Waals surface area contributed by atoms with E-state index in [-0.39, 0.29) is 0 Å². The summed E-state index contributed by atoms with van der Waals surface area (Å²) in [4.78, 5) is 0. The zero-order chi connectivity index (χ0) is 9.07. The highest BCUT2D eigenvalue weighted by Gasteiger charge is 1.89. The van der Waals surface area contributed by atoms with E-state index in [9.17, 15) is 0 Å². The highest BCUT2D eigenvalue weighted by atomic mass is 16.5. The van der Waals surface area contributed by atoms with Crippen LogP contribution in [-0.4, -0.2) is 6.61 Å². The third-order valence-electron chi connectivity index (χ3n) is 1.89. The van der Waals surface area contributed by atoms with E-state index in [4.69, 9.17) is 4.74 Å². The molecule has 0 heterocycles. The number of unbranched alkanes of at least 4 members (excludes halogenated alkanes) is 5. The fourth-order valence-corrected chi connectivity index (χ4v) is 1.07. The van der Waals surface area contributed by atoms with Gasteiger partial charge in [0, 0.05) is 6.61 Å². The standard InChI is InChI=1S/C11H23O/c1-3-5-7-8-9-11-12-10-6-4-2/h10H,3-9,11H2,1-2H3. The van der Waals surface area contributed by atoms with Crippen LogP contribution in [0.4, 0.5) is 0 Å². The Morgan fingerprint density at radius 2 is 1.67 bits per heavy atom. The summed E-state index contributed by atoms with van der Waals surface area (Å²) in [7, 11) is 0. The van der Waals surface area contributed by atoms with Crippen molar-refractivity contribution in [2.24, 2.45) is 0 Å². The number of ether oxygens (including phenoxy) is 1. The molecule has 0 saturated carbocycles. The van der Waals surface area contributed by atoms with Gasteiger partial charge in [0.25, 0.3) is 0 Å². The summed E-state index contributed by atoms with van der Waals surface area (Å²) in [5.74, 6) is 0. The third-order valence-corrected chi connectivity index (χ3v) is 1.89. The molecule has 0 bridgehead atoms. The van der Waals surface area contributed by atoms with Crippen LogP contribution in [0.1, 0.15) is 58.8 Å². The molecule has 1 heteroatoms. The smallest absolute Gasteiger partial charge is 0.0836 e. The monoisotopic (exact) mass is 171 g/mol. The molecule has 0 atom stereocenters. The van der Waals surface area contributed by atoms with Crippen LogP contribution in [0.2, 0.25) is 0 Å². The van der Waals surface area contributed by atoms with E-state index in [2.05, 4.69) is 13.8 Å². The second kappa shape index (κ2) is 11.0. The molecule has 0 aliphatic heterocycles. The quantitative estimate of drug-likeness (QED) is 0.477. The first-order valence-corrected chi connectivity index (χ1v) is 5.35. The third kappa shape index (κ3) is 9.96. The van der Waals surface area contributed by atoms with Crippen molar-refractivity contribution < 1.29 is 4.74 Å². The lowest BCUT2D eigenvalue weighted by atomic mass is 10.2. The zero-order valence-corrected chi connectivity index (χ0v) is 8.64. The first-order chi connectivity index (χ1) is 5.91. The Morgan fingerprint density at radius 3 is 2.33 bits per heavy atom. The minimum Gasteiger partial charge on any atom is -0.376 e. The normalized spacial score (nSPS) is 10.5. The van der Waals surface area contributed by atoms with Gasteiger partial charge in [-0.3, -0.25) is 0 Å². The molecular formula is C11H23O. The average molecular weight is 171 g/mol. The van der Waals surface area contributed by atoms with E-state index in [1.165, 1.54) is 38.5 Å². The van der Waals surface area contributed by atoms with Gasteiger partial charge in [0.15, 0.2) is 0 Å². The average Bonchev–Trinajstić information content (AvgIpc) is 2.10. The van der Waals surface area contributed by atoms with Crippen molar-refractivity contribution in [3.05, 3.63) is 6.61 Å². The van der Waals surface area contributed by atoms with Gasteiger partial charge in [0.1, 0.15) is 0 Å². The highest BCUT2D eigenvalue weighted by Crippen LogP contribution is 2.03. The van der Waals surface area contributed by atoms with Crippen LogP contribution in [0.3, 0.4) is 0 Å². The maximum absolute atomic E-state index is 5.33. The van der Waals surface area contributed by atoms with Crippen molar-refractivity contribution in [2.45, 2.75) is 58.8 Å². The number of hydrogen-bond donors (Lipinski definition) is 0. The molecule has 0 amide bonds. The Morgan fingerprint density at radius 1 is 0.917 bits per heavy atom. The maximum Gasteiger partial charge on any atom is 0.0836 e. The predicted molar refractivity (Wildman–Crippen MR) is 53.9 cm³/mol. The van der Waals surface area contributed by atoms with Crippen molar-refractivity contribution in [1.82, 2.24) is 0 Å². The Bertz CT molecular complexity index is 61.4. The van der Waals surface area contributed by atoms with Crippen LogP contribution in [0, 0.1) is 6.61 Å². The SMILES string of the molecule is CCC[CH]OCCCCCCC. The van der Waals surface area contributed by atoms with Gasteiger partial charge >= 0.3 is 0 Å². The summed E-state index contributed by atoms with van der Waals surface area (Å²) in [5.41, 5.74) is 0. The predicted octanol–water partition coefficient (Wildman–Crippen LogP) is 3.94. The Balaban J connectivity index is 2.73. The molecule has 0 N–H and O–H groups in total. The Kier molecular flexibility index (Phi) is 10.9. The van der Waals surface area contributed by atoms with Crippen molar-refractivity contribution >= 4 is 0 Å². The minimum atomic E-state index is 0.920. The summed E-state index contributed by atoms with van der Waals surface area (Å²) in [6, 6.07) is 0. The summed E-state index contributed by atoms with van der Waals surface area (Å²) < 4.78 is 5.33. The zero-order valence-electron chi connectivity index (χ0n) is 8.64. The van der Waals surface area contributed by atoms with E-state index in [1.54, 1.807) is 0 Å². The van der Waals surface area contributed by atoms with Gasteiger partial charge in [-0.25, -0.2) is 0 Å². The molecule has 0 aliphatic carbocycles. The van der Waals surface area contributed by atoms with Crippen LogP contribution in [0.15, 0.2) is 0 Å². The summed E-state index contributed by atoms with van der Waals surface area (Å²) in [6.07, 6.45) is 8.90. The van der Waals surface area contributed by atoms with Gasteiger partial charge in [-0.1, -0.05) is 46.0 Å². The topological polar surface area (TPSA) is 9.23 Å². The molecule has 1 radical (unpaired) electrons. The van der Waals surface area contributed by atoms with Gasteiger partial charge in [-0.05, 0) is 12.8 Å². The lowest BCUT2D eigenvalue weighted by Crippen LogP contribution is -1.91. The van der Waals surface area contributed by atoms with Gasteiger partial charge in [0.2, 0.25) is 0 Å². The summed E-state index contributed by atoms with van der Waals surface area (Å²) >= 11 is 0. The van der Waals surface area contributed by atoms with E-state index in [0.717, 1.165) is 13.0 Å². The van der Waals surface area contributed by atoms with Gasteiger partial charge in [-0.15, -0.1) is 0 Å². The van der Waals surface area contributed by atoms with Crippen molar-refractivity contribution in [2.75, 3.05) is 6.61 Å². The molecule has 0 fully saturated rings. The second-order valence-corrected chi connectivity index (χ2v) is 3.24. The second-order valence-electron chi connectivity index (χ2n) is 3.24. The molecule has 1 nitrogen and oxygen atoms in total. The summed E-state index contributed by atoms with van der Waals surface area (Å²) in [6.45, 7) is 7.27. The van der Waals surface area contributed by atoms with Crippen LogP contribution in [0.25, 0.3) is 0 Å². The van der Waals surface area contributed by atoms with Gasteiger partial charge < -0.3 is 4.74 Å². The molecule has 0 saturated heterocycles. The van der Waals surface area contributed by atoms with Crippen LogP contribution in [0.5, 0.6) is 0 Å². The van der Waals surface area contributed by atoms with E-state index in [0.29, 0.717) is 0 Å². The van der Waals surface area contributed by atoms with Crippen molar-refractivity contribution in [3.8, 4) is 0 Å².